The predicted molar refractivity (Wildman–Crippen MR) is 95.8 cm³/mol. The molecule has 2 N–H and O–H groups in total. The summed E-state index contributed by atoms with van der Waals surface area (Å²) in [4.78, 5) is 12.4. The highest BCUT2D eigenvalue weighted by atomic mass is 16.5. The van der Waals surface area contributed by atoms with E-state index in [1.54, 1.807) is 7.11 Å². The third-order valence-corrected chi connectivity index (χ3v) is 5.97. The van der Waals surface area contributed by atoms with E-state index in [1.165, 1.54) is 25.7 Å². The molecule has 1 amide bonds. The lowest BCUT2D eigenvalue weighted by atomic mass is 9.84. The van der Waals surface area contributed by atoms with Crippen LogP contribution in [0.5, 0.6) is 5.75 Å². The summed E-state index contributed by atoms with van der Waals surface area (Å²) in [5, 5.41) is 6.55. The molecule has 24 heavy (non-hydrogen) atoms. The number of rotatable bonds is 7. The van der Waals surface area contributed by atoms with Crippen molar-refractivity contribution in [1.82, 2.24) is 10.6 Å². The Hall–Kier alpha value is -1.55. The molecule has 1 aromatic rings. The van der Waals surface area contributed by atoms with Gasteiger partial charge in [0.1, 0.15) is 5.75 Å². The van der Waals surface area contributed by atoms with Gasteiger partial charge in [0, 0.05) is 12.6 Å². The first-order valence-corrected chi connectivity index (χ1v) is 9.23. The molecule has 0 spiro atoms. The van der Waals surface area contributed by atoms with E-state index in [2.05, 4.69) is 17.6 Å². The second kappa shape index (κ2) is 7.56. The molecule has 0 saturated heterocycles. The monoisotopic (exact) mass is 330 g/mol. The normalized spacial score (nSPS) is 27.7. The zero-order chi connectivity index (χ0) is 17.1. The largest absolute Gasteiger partial charge is 0.497 e. The SMILES string of the molecule is COc1ccc(CNC(=O)[C@H](C)N[C@@H](C)[C@H]2C[C@H]3CC[C@H]2C3)cc1. The Labute approximate surface area is 145 Å². The molecule has 0 unspecified atom stereocenters. The van der Waals surface area contributed by atoms with Gasteiger partial charge in [0.15, 0.2) is 0 Å². The summed E-state index contributed by atoms with van der Waals surface area (Å²) in [5.74, 6) is 3.48. The van der Waals surface area contributed by atoms with Crippen molar-refractivity contribution in [3.63, 3.8) is 0 Å². The maximum absolute atomic E-state index is 12.4. The zero-order valence-corrected chi connectivity index (χ0v) is 15.0. The molecule has 2 aliphatic carbocycles. The van der Waals surface area contributed by atoms with Crippen LogP contribution >= 0.6 is 0 Å². The van der Waals surface area contributed by atoms with Gasteiger partial charge in [-0.15, -0.1) is 0 Å². The molecular formula is C20H30N2O2. The van der Waals surface area contributed by atoms with Crippen LogP contribution in [0.2, 0.25) is 0 Å². The second-order valence-corrected chi connectivity index (χ2v) is 7.58. The third-order valence-electron chi connectivity index (χ3n) is 5.97. The number of hydrogen-bond acceptors (Lipinski definition) is 3. The van der Waals surface area contributed by atoms with Gasteiger partial charge in [-0.05, 0) is 68.6 Å². The zero-order valence-electron chi connectivity index (χ0n) is 15.0. The fourth-order valence-corrected chi connectivity index (χ4v) is 4.59. The van der Waals surface area contributed by atoms with Crippen molar-refractivity contribution < 1.29 is 9.53 Å². The van der Waals surface area contributed by atoms with E-state index < -0.39 is 0 Å². The van der Waals surface area contributed by atoms with Gasteiger partial charge in [-0.1, -0.05) is 18.6 Å². The van der Waals surface area contributed by atoms with Gasteiger partial charge in [-0.2, -0.15) is 0 Å². The highest BCUT2D eigenvalue weighted by Gasteiger charge is 2.42. The minimum Gasteiger partial charge on any atom is -0.497 e. The topological polar surface area (TPSA) is 50.4 Å². The van der Waals surface area contributed by atoms with E-state index in [9.17, 15) is 4.79 Å². The van der Waals surface area contributed by atoms with Crippen LogP contribution < -0.4 is 15.4 Å². The van der Waals surface area contributed by atoms with Crippen molar-refractivity contribution in [3.05, 3.63) is 29.8 Å². The van der Waals surface area contributed by atoms with Crippen LogP contribution in [-0.2, 0) is 11.3 Å². The van der Waals surface area contributed by atoms with E-state index >= 15 is 0 Å². The molecule has 1 aromatic carbocycles. The number of methoxy groups -OCH3 is 1. The summed E-state index contributed by atoms with van der Waals surface area (Å²) in [5.41, 5.74) is 1.08. The smallest absolute Gasteiger partial charge is 0.237 e. The molecule has 2 fully saturated rings. The lowest BCUT2D eigenvalue weighted by Crippen LogP contribution is -2.48. The Morgan fingerprint density at radius 1 is 1.21 bits per heavy atom. The molecular weight excluding hydrogens is 300 g/mol. The minimum absolute atomic E-state index is 0.0702. The molecule has 132 valence electrons. The van der Waals surface area contributed by atoms with E-state index in [0.717, 1.165) is 29.1 Å². The van der Waals surface area contributed by atoms with Crippen molar-refractivity contribution >= 4 is 5.91 Å². The first-order valence-electron chi connectivity index (χ1n) is 9.23. The highest BCUT2D eigenvalue weighted by molar-refractivity contribution is 5.81. The lowest BCUT2D eigenvalue weighted by Gasteiger charge is -2.30. The molecule has 0 heterocycles. The van der Waals surface area contributed by atoms with E-state index in [4.69, 9.17) is 4.74 Å². The number of hydrogen-bond donors (Lipinski definition) is 2. The summed E-state index contributed by atoms with van der Waals surface area (Å²) in [6.45, 7) is 4.77. The summed E-state index contributed by atoms with van der Waals surface area (Å²) >= 11 is 0. The third kappa shape index (κ3) is 3.92. The minimum atomic E-state index is -0.155. The number of benzene rings is 1. The molecule has 4 nitrogen and oxygen atoms in total. The number of nitrogens with one attached hydrogen (secondary N) is 2. The van der Waals surface area contributed by atoms with Crippen LogP contribution in [0.1, 0.15) is 45.1 Å². The van der Waals surface area contributed by atoms with Crippen molar-refractivity contribution in [1.29, 1.82) is 0 Å². The Morgan fingerprint density at radius 3 is 2.54 bits per heavy atom. The molecule has 0 radical (unpaired) electrons. The van der Waals surface area contributed by atoms with Crippen LogP contribution in [0.15, 0.2) is 24.3 Å². The van der Waals surface area contributed by atoms with Crippen LogP contribution in [0.3, 0.4) is 0 Å². The molecule has 0 aromatic heterocycles. The van der Waals surface area contributed by atoms with E-state index in [-0.39, 0.29) is 11.9 Å². The van der Waals surface area contributed by atoms with Gasteiger partial charge in [-0.3, -0.25) is 4.79 Å². The Morgan fingerprint density at radius 2 is 1.96 bits per heavy atom. The second-order valence-electron chi connectivity index (χ2n) is 7.58. The van der Waals surface area contributed by atoms with Crippen LogP contribution in [0.4, 0.5) is 0 Å². The predicted octanol–water partition coefficient (Wildman–Crippen LogP) is 3.11. The average molecular weight is 330 g/mol. The summed E-state index contributed by atoms with van der Waals surface area (Å²) < 4.78 is 5.15. The van der Waals surface area contributed by atoms with E-state index in [0.29, 0.717) is 12.6 Å². The summed E-state index contributed by atoms with van der Waals surface area (Å²) in [6, 6.07) is 8.06. The molecule has 0 aliphatic heterocycles. The van der Waals surface area contributed by atoms with Crippen molar-refractivity contribution in [3.8, 4) is 5.75 Å². The van der Waals surface area contributed by atoms with Gasteiger partial charge in [0.2, 0.25) is 5.91 Å². The molecule has 5 atom stereocenters. The molecule has 2 aliphatic rings. The van der Waals surface area contributed by atoms with E-state index in [1.807, 2.05) is 31.2 Å². The summed E-state index contributed by atoms with van der Waals surface area (Å²) in [6.07, 6.45) is 5.57. The van der Waals surface area contributed by atoms with Gasteiger partial charge in [-0.25, -0.2) is 0 Å². The molecule has 2 bridgehead atoms. The lowest BCUT2D eigenvalue weighted by molar-refractivity contribution is -0.123. The fraction of sp³-hybridized carbons (Fsp3) is 0.650. The van der Waals surface area contributed by atoms with Crippen LogP contribution in [0.25, 0.3) is 0 Å². The van der Waals surface area contributed by atoms with Crippen LogP contribution in [0, 0.1) is 17.8 Å². The number of ether oxygens (including phenoxy) is 1. The maximum atomic E-state index is 12.4. The van der Waals surface area contributed by atoms with Gasteiger partial charge < -0.3 is 15.4 Å². The van der Waals surface area contributed by atoms with Crippen molar-refractivity contribution in [2.45, 2.75) is 58.2 Å². The van der Waals surface area contributed by atoms with Gasteiger partial charge in [0.05, 0.1) is 13.2 Å². The van der Waals surface area contributed by atoms with Gasteiger partial charge in [0.25, 0.3) is 0 Å². The molecule has 3 rings (SSSR count). The van der Waals surface area contributed by atoms with Crippen LogP contribution in [-0.4, -0.2) is 25.1 Å². The number of amides is 1. The number of fused-ring (bicyclic) bond motifs is 2. The molecule has 4 heteroatoms. The van der Waals surface area contributed by atoms with Crippen molar-refractivity contribution in [2.75, 3.05) is 7.11 Å². The summed E-state index contributed by atoms with van der Waals surface area (Å²) in [7, 11) is 1.65. The first kappa shape index (κ1) is 17.3. The standard InChI is InChI=1S/C20H30N2O2/c1-13(19-11-16-4-7-17(19)10-16)22-14(2)20(23)21-12-15-5-8-18(24-3)9-6-15/h5-6,8-9,13-14,16-17,19,22H,4,7,10-12H2,1-3H3,(H,21,23)/t13-,14-,16-,17-,19+/m0/s1. The van der Waals surface area contributed by atoms with Crippen molar-refractivity contribution in [2.24, 2.45) is 17.8 Å². The Bertz CT molecular complexity index is 557. The number of carbonyl (C=O) groups excluding carboxylic acids is 1. The number of carbonyl (C=O) groups is 1. The van der Waals surface area contributed by atoms with Gasteiger partial charge >= 0.3 is 0 Å². The maximum Gasteiger partial charge on any atom is 0.237 e. The quantitative estimate of drug-likeness (QED) is 0.808. The molecule has 2 saturated carbocycles. The first-order chi connectivity index (χ1) is 11.6. The average Bonchev–Trinajstić information content (AvgIpc) is 3.23. The highest BCUT2D eigenvalue weighted by Crippen LogP contribution is 2.49. The Balaban J connectivity index is 1.44. The fourth-order valence-electron chi connectivity index (χ4n) is 4.59. The Kier molecular flexibility index (Phi) is 5.44.